The standard InChI is InChI=1S/C14H15FN2O2/c1-18-13-4-2-10(3-5-13)9-19-14-11(7-16)6-12(15)8-17-14/h2-6,8H,7,9,16H2,1H3. The molecular weight excluding hydrogens is 247 g/mol. The molecule has 4 nitrogen and oxygen atoms in total. The normalized spacial score (nSPS) is 10.3. The lowest BCUT2D eigenvalue weighted by Crippen LogP contribution is -2.05. The Labute approximate surface area is 111 Å². The van der Waals surface area contributed by atoms with Crippen molar-refractivity contribution in [2.75, 3.05) is 7.11 Å². The molecule has 0 aliphatic carbocycles. The number of rotatable bonds is 5. The minimum absolute atomic E-state index is 0.183. The van der Waals surface area contributed by atoms with Gasteiger partial charge in [0.05, 0.1) is 13.3 Å². The lowest BCUT2D eigenvalue weighted by atomic mass is 10.2. The third kappa shape index (κ3) is 3.42. The van der Waals surface area contributed by atoms with Crippen LogP contribution in [0.3, 0.4) is 0 Å². The first-order chi connectivity index (χ1) is 9.22. The number of pyridine rings is 1. The van der Waals surface area contributed by atoms with Gasteiger partial charge in [0, 0.05) is 12.1 Å². The number of hydrogen-bond donors (Lipinski definition) is 1. The Bertz CT molecular complexity index is 544. The number of ether oxygens (including phenoxy) is 2. The number of halogens is 1. The van der Waals surface area contributed by atoms with E-state index in [2.05, 4.69) is 4.98 Å². The van der Waals surface area contributed by atoms with Crippen molar-refractivity contribution in [3.63, 3.8) is 0 Å². The predicted molar refractivity (Wildman–Crippen MR) is 69.4 cm³/mol. The van der Waals surface area contributed by atoms with Crippen LogP contribution in [0.5, 0.6) is 11.6 Å². The minimum atomic E-state index is -0.419. The molecule has 0 aliphatic heterocycles. The number of methoxy groups -OCH3 is 1. The summed E-state index contributed by atoms with van der Waals surface area (Å²) in [6.45, 7) is 0.526. The van der Waals surface area contributed by atoms with E-state index in [-0.39, 0.29) is 6.54 Å². The first kappa shape index (κ1) is 13.3. The van der Waals surface area contributed by atoms with E-state index >= 15 is 0 Å². The molecule has 0 spiro atoms. The van der Waals surface area contributed by atoms with Crippen molar-refractivity contribution >= 4 is 0 Å². The third-order valence-corrected chi connectivity index (χ3v) is 2.65. The van der Waals surface area contributed by atoms with Crippen molar-refractivity contribution in [1.29, 1.82) is 0 Å². The van der Waals surface area contributed by atoms with Gasteiger partial charge in [-0.15, -0.1) is 0 Å². The Morgan fingerprint density at radius 1 is 1.26 bits per heavy atom. The molecule has 1 heterocycles. The van der Waals surface area contributed by atoms with E-state index in [9.17, 15) is 4.39 Å². The fourth-order valence-electron chi connectivity index (χ4n) is 1.62. The summed E-state index contributed by atoms with van der Waals surface area (Å²) < 4.78 is 23.6. The van der Waals surface area contributed by atoms with E-state index < -0.39 is 5.82 Å². The molecule has 0 bridgehead atoms. The Balaban J connectivity index is 2.05. The Morgan fingerprint density at radius 3 is 2.63 bits per heavy atom. The van der Waals surface area contributed by atoms with Gasteiger partial charge in [-0.3, -0.25) is 0 Å². The zero-order valence-corrected chi connectivity index (χ0v) is 10.6. The van der Waals surface area contributed by atoms with Crippen LogP contribution < -0.4 is 15.2 Å². The molecule has 1 aromatic carbocycles. The minimum Gasteiger partial charge on any atom is -0.497 e. The van der Waals surface area contributed by atoms with Crippen LogP contribution in [0.2, 0.25) is 0 Å². The summed E-state index contributed by atoms with van der Waals surface area (Å²) >= 11 is 0. The van der Waals surface area contributed by atoms with Gasteiger partial charge in [-0.25, -0.2) is 9.37 Å². The number of aromatic nitrogens is 1. The molecule has 0 saturated heterocycles. The van der Waals surface area contributed by atoms with Crippen molar-refractivity contribution in [2.24, 2.45) is 5.73 Å². The topological polar surface area (TPSA) is 57.4 Å². The van der Waals surface area contributed by atoms with Crippen LogP contribution in [0.15, 0.2) is 36.5 Å². The number of hydrogen-bond acceptors (Lipinski definition) is 4. The second kappa shape index (κ2) is 6.15. The van der Waals surface area contributed by atoms with E-state index in [1.54, 1.807) is 7.11 Å². The predicted octanol–water partition coefficient (Wildman–Crippen LogP) is 2.27. The first-order valence-corrected chi connectivity index (χ1v) is 5.83. The van der Waals surface area contributed by atoms with Gasteiger partial charge in [-0.2, -0.15) is 0 Å². The van der Waals surface area contributed by atoms with E-state index in [0.717, 1.165) is 17.5 Å². The lowest BCUT2D eigenvalue weighted by molar-refractivity contribution is 0.289. The molecule has 100 valence electrons. The van der Waals surface area contributed by atoms with Crippen LogP contribution in [-0.2, 0) is 13.2 Å². The first-order valence-electron chi connectivity index (χ1n) is 5.83. The molecular formula is C14H15FN2O2. The highest BCUT2D eigenvalue weighted by atomic mass is 19.1. The average molecular weight is 262 g/mol. The number of benzene rings is 1. The lowest BCUT2D eigenvalue weighted by Gasteiger charge is -2.09. The molecule has 1 aromatic heterocycles. The van der Waals surface area contributed by atoms with Gasteiger partial charge in [0.1, 0.15) is 18.2 Å². The van der Waals surface area contributed by atoms with Crippen LogP contribution >= 0.6 is 0 Å². The molecule has 0 aliphatic rings. The number of nitrogens with two attached hydrogens (primary N) is 1. The molecule has 2 N–H and O–H groups in total. The van der Waals surface area contributed by atoms with Gasteiger partial charge in [0.15, 0.2) is 0 Å². The smallest absolute Gasteiger partial charge is 0.218 e. The highest BCUT2D eigenvalue weighted by Gasteiger charge is 2.06. The average Bonchev–Trinajstić information content (AvgIpc) is 2.46. The molecule has 0 unspecified atom stereocenters. The Morgan fingerprint density at radius 2 is 2.00 bits per heavy atom. The maximum atomic E-state index is 13.0. The summed E-state index contributed by atoms with van der Waals surface area (Å²) in [5.74, 6) is 0.725. The van der Waals surface area contributed by atoms with E-state index in [4.69, 9.17) is 15.2 Å². The fourth-order valence-corrected chi connectivity index (χ4v) is 1.62. The monoisotopic (exact) mass is 262 g/mol. The third-order valence-electron chi connectivity index (χ3n) is 2.65. The maximum Gasteiger partial charge on any atom is 0.218 e. The summed E-state index contributed by atoms with van der Waals surface area (Å²) in [7, 11) is 1.61. The van der Waals surface area contributed by atoms with E-state index in [1.807, 2.05) is 24.3 Å². The quantitative estimate of drug-likeness (QED) is 0.898. The molecule has 0 saturated carbocycles. The molecule has 0 atom stereocenters. The summed E-state index contributed by atoms with van der Waals surface area (Å²) in [5, 5.41) is 0. The molecule has 0 amide bonds. The molecule has 2 aromatic rings. The zero-order valence-electron chi connectivity index (χ0n) is 10.6. The van der Waals surface area contributed by atoms with E-state index in [1.165, 1.54) is 6.07 Å². The van der Waals surface area contributed by atoms with Gasteiger partial charge in [-0.05, 0) is 23.8 Å². The highest BCUT2D eigenvalue weighted by molar-refractivity contribution is 5.29. The van der Waals surface area contributed by atoms with Crippen molar-refractivity contribution < 1.29 is 13.9 Å². The van der Waals surface area contributed by atoms with Crippen molar-refractivity contribution in [3.8, 4) is 11.6 Å². The van der Waals surface area contributed by atoms with Crippen LogP contribution in [-0.4, -0.2) is 12.1 Å². The van der Waals surface area contributed by atoms with Crippen molar-refractivity contribution in [1.82, 2.24) is 4.98 Å². The molecule has 5 heteroatoms. The van der Waals surface area contributed by atoms with Crippen LogP contribution in [0, 0.1) is 5.82 Å². The summed E-state index contributed by atoms with van der Waals surface area (Å²) in [6.07, 6.45) is 1.11. The van der Waals surface area contributed by atoms with Crippen LogP contribution in [0.25, 0.3) is 0 Å². The second-order valence-corrected chi connectivity index (χ2v) is 3.96. The Hall–Kier alpha value is -2.14. The molecule has 2 rings (SSSR count). The van der Waals surface area contributed by atoms with E-state index in [0.29, 0.717) is 18.1 Å². The van der Waals surface area contributed by atoms with Crippen molar-refractivity contribution in [3.05, 3.63) is 53.5 Å². The van der Waals surface area contributed by atoms with Crippen molar-refractivity contribution in [2.45, 2.75) is 13.2 Å². The number of nitrogens with zero attached hydrogens (tertiary/aromatic N) is 1. The maximum absolute atomic E-state index is 13.0. The summed E-state index contributed by atoms with van der Waals surface area (Å²) in [6, 6.07) is 8.81. The fraction of sp³-hybridized carbons (Fsp3) is 0.214. The summed E-state index contributed by atoms with van der Waals surface area (Å²) in [4.78, 5) is 3.90. The molecule has 0 radical (unpaired) electrons. The SMILES string of the molecule is COc1ccc(COc2ncc(F)cc2CN)cc1. The second-order valence-electron chi connectivity index (χ2n) is 3.96. The van der Waals surface area contributed by atoms with Gasteiger partial charge >= 0.3 is 0 Å². The van der Waals surface area contributed by atoms with Gasteiger partial charge in [0.2, 0.25) is 5.88 Å². The Kier molecular flexibility index (Phi) is 4.30. The molecule has 19 heavy (non-hydrogen) atoms. The van der Waals surface area contributed by atoms with Gasteiger partial charge < -0.3 is 15.2 Å². The van der Waals surface area contributed by atoms with Crippen LogP contribution in [0.4, 0.5) is 4.39 Å². The zero-order chi connectivity index (χ0) is 13.7. The van der Waals surface area contributed by atoms with Gasteiger partial charge in [0.25, 0.3) is 0 Å². The van der Waals surface area contributed by atoms with Crippen LogP contribution in [0.1, 0.15) is 11.1 Å². The highest BCUT2D eigenvalue weighted by Crippen LogP contribution is 2.18. The molecule has 0 fully saturated rings. The summed E-state index contributed by atoms with van der Waals surface area (Å²) in [5.41, 5.74) is 7.04. The van der Waals surface area contributed by atoms with Gasteiger partial charge in [-0.1, -0.05) is 12.1 Å². The largest absolute Gasteiger partial charge is 0.497 e.